The van der Waals surface area contributed by atoms with E-state index in [9.17, 15) is 0 Å². The van der Waals surface area contributed by atoms with E-state index in [2.05, 4.69) is 61.4 Å². The van der Waals surface area contributed by atoms with Gasteiger partial charge in [-0.05, 0) is 24.6 Å². The Morgan fingerprint density at radius 2 is 2.00 bits per heavy atom. The highest BCUT2D eigenvalue weighted by Crippen LogP contribution is 2.17. The Labute approximate surface area is 115 Å². The van der Waals surface area contributed by atoms with Gasteiger partial charge in [0.25, 0.3) is 0 Å². The minimum atomic E-state index is 0.382. The lowest BCUT2D eigenvalue weighted by molar-refractivity contribution is 0.601. The molecule has 0 amide bonds. The van der Waals surface area contributed by atoms with Crippen molar-refractivity contribution in [3.63, 3.8) is 0 Å². The second-order valence-electron chi connectivity index (χ2n) is 4.42. The maximum atomic E-state index is 5.20. The fraction of sp³-hybridized carbons (Fsp3) is 0.467. The van der Waals surface area contributed by atoms with Crippen molar-refractivity contribution >= 4 is 17.4 Å². The SMILES string of the molecule is C#CCSCCNC(C)c1ccc(N(C)C)cc1. The van der Waals surface area contributed by atoms with Crippen LogP contribution in [0, 0.1) is 12.3 Å². The number of hydrogen-bond donors (Lipinski definition) is 1. The predicted octanol–water partition coefficient (Wildman–Crippen LogP) is 2.77. The molecule has 0 radical (unpaired) electrons. The standard InChI is InChI=1S/C15H22N2S/c1-5-11-18-12-10-16-13(2)14-6-8-15(9-7-14)17(3)4/h1,6-9,13,16H,10-12H2,2-4H3. The molecule has 0 aromatic heterocycles. The van der Waals surface area contributed by atoms with E-state index >= 15 is 0 Å². The Morgan fingerprint density at radius 3 is 2.56 bits per heavy atom. The van der Waals surface area contributed by atoms with Gasteiger partial charge in [-0.1, -0.05) is 18.1 Å². The maximum absolute atomic E-state index is 5.20. The average molecular weight is 262 g/mol. The van der Waals surface area contributed by atoms with Crippen molar-refractivity contribution in [3.05, 3.63) is 29.8 Å². The highest BCUT2D eigenvalue weighted by molar-refractivity contribution is 7.99. The van der Waals surface area contributed by atoms with Crippen LogP contribution in [0.15, 0.2) is 24.3 Å². The predicted molar refractivity (Wildman–Crippen MR) is 83.3 cm³/mol. The molecule has 1 rings (SSSR count). The smallest absolute Gasteiger partial charge is 0.0545 e. The second-order valence-corrected chi connectivity index (χ2v) is 5.52. The molecule has 0 aliphatic rings. The molecule has 1 unspecified atom stereocenters. The topological polar surface area (TPSA) is 15.3 Å². The van der Waals surface area contributed by atoms with Crippen LogP contribution >= 0.6 is 11.8 Å². The van der Waals surface area contributed by atoms with Gasteiger partial charge in [-0.3, -0.25) is 0 Å². The van der Waals surface area contributed by atoms with Gasteiger partial charge >= 0.3 is 0 Å². The lowest BCUT2D eigenvalue weighted by atomic mass is 10.1. The van der Waals surface area contributed by atoms with Gasteiger partial charge in [0.2, 0.25) is 0 Å². The number of hydrogen-bond acceptors (Lipinski definition) is 3. The van der Waals surface area contributed by atoms with Gasteiger partial charge in [0.15, 0.2) is 0 Å². The summed E-state index contributed by atoms with van der Waals surface area (Å²) in [6, 6.07) is 9.05. The Bertz CT molecular complexity index is 378. The van der Waals surface area contributed by atoms with Crippen molar-refractivity contribution in [2.24, 2.45) is 0 Å². The number of nitrogens with one attached hydrogen (secondary N) is 1. The van der Waals surface area contributed by atoms with Crippen LogP contribution in [0.4, 0.5) is 5.69 Å². The number of terminal acetylenes is 1. The molecular formula is C15H22N2S. The number of benzene rings is 1. The lowest BCUT2D eigenvalue weighted by Crippen LogP contribution is -2.21. The Morgan fingerprint density at radius 1 is 1.33 bits per heavy atom. The van der Waals surface area contributed by atoms with Crippen LogP contribution in [0.2, 0.25) is 0 Å². The molecule has 98 valence electrons. The van der Waals surface area contributed by atoms with Crippen molar-refractivity contribution in [2.75, 3.05) is 37.0 Å². The molecule has 1 N–H and O–H groups in total. The van der Waals surface area contributed by atoms with Crippen molar-refractivity contribution in [1.29, 1.82) is 0 Å². The zero-order valence-electron chi connectivity index (χ0n) is 11.4. The maximum Gasteiger partial charge on any atom is 0.0545 e. The molecular weight excluding hydrogens is 240 g/mol. The van der Waals surface area contributed by atoms with Gasteiger partial charge in [-0.25, -0.2) is 0 Å². The monoisotopic (exact) mass is 262 g/mol. The summed E-state index contributed by atoms with van der Waals surface area (Å²) in [5, 5.41) is 3.50. The van der Waals surface area contributed by atoms with E-state index in [1.807, 2.05) is 0 Å². The molecule has 0 saturated carbocycles. The van der Waals surface area contributed by atoms with Gasteiger partial charge in [0.1, 0.15) is 0 Å². The molecule has 0 fully saturated rings. The first kappa shape index (κ1) is 14.9. The van der Waals surface area contributed by atoms with Crippen LogP contribution in [0.25, 0.3) is 0 Å². The van der Waals surface area contributed by atoms with Crippen LogP contribution in [-0.4, -0.2) is 32.1 Å². The Balaban J connectivity index is 2.37. The minimum Gasteiger partial charge on any atom is -0.378 e. The number of rotatable bonds is 7. The molecule has 0 aliphatic heterocycles. The van der Waals surface area contributed by atoms with Crippen molar-refractivity contribution < 1.29 is 0 Å². The third-order valence-electron chi connectivity index (χ3n) is 2.79. The molecule has 1 aromatic rings. The molecule has 0 saturated heterocycles. The third-order valence-corrected chi connectivity index (χ3v) is 3.66. The fourth-order valence-corrected chi connectivity index (χ4v) is 2.18. The molecule has 0 bridgehead atoms. The van der Waals surface area contributed by atoms with Crippen LogP contribution in [0.3, 0.4) is 0 Å². The fourth-order valence-electron chi connectivity index (χ4n) is 1.66. The van der Waals surface area contributed by atoms with Crippen molar-refractivity contribution in [3.8, 4) is 12.3 Å². The van der Waals surface area contributed by atoms with E-state index in [0.717, 1.165) is 18.1 Å². The van der Waals surface area contributed by atoms with Gasteiger partial charge in [-0.15, -0.1) is 18.2 Å². The van der Waals surface area contributed by atoms with E-state index in [4.69, 9.17) is 6.42 Å². The van der Waals surface area contributed by atoms with E-state index in [0.29, 0.717) is 6.04 Å². The summed E-state index contributed by atoms with van der Waals surface area (Å²) >= 11 is 1.79. The summed E-state index contributed by atoms with van der Waals surface area (Å²) in [4.78, 5) is 2.11. The number of thioether (sulfide) groups is 1. The van der Waals surface area contributed by atoms with Gasteiger partial charge in [-0.2, -0.15) is 0 Å². The zero-order valence-corrected chi connectivity index (χ0v) is 12.3. The molecule has 0 spiro atoms. The lowest BCUT2D eigenvalue weighted by Gasteiger charge is -2.16. The van der Waals surface area contributed by atoms with Crippen LogP contribution < -0.4 is 10.2 Å². The van der Waals surface area contributed by atoms with Gasteiger partial charge in [0.05, 0.1) is 5.75 Å². The van der Waals surface area contributed by atoms with Gasteiger partial charge < -0.3 is 10.2 Å². The molecule has 1 atom stereocenters. The summed E-state index contributed by atoms with van der Waals surface area (Å²) in [5.41, 5.74) is 2.55. The van der Waals surface area contributed by atoms with E-state index in [-0.39, 0.29) is 0 Å². The number of nitrogens with zero attached hydrogens (tertiary/aromatic N) is 1. The summed E-state index contributed by atoms with van der Waals surface area (Å²) in [6.07, 6.45) is 5.20. The Kier molecular flexibility index (Phi) is 6.70. The molecule has 18 heavy (non-hydrogen) atoms. The molecule has 1 aromatic carbocycles. The second kappa shape index (κ2) is 8.07. The summed E-state index contributed by atoms with van der Waals surface area (Å²) < 4.78 is 0. The molecule has 3 heteroatoms. The van der Waals surface area contributed by atoms with Crippen molar-refractivity contribution in [2.45, 2.75) is 13.0 Å². The number of anilines is 1. The third kappa shape index (κ3) is 5.03. The highest BCUT2D eigenvalue weighted by Gasteiger charge is 2.04. The van der Waals surface area contributed by atoms with Crippen LogP contribution in [-0.2, 0) is 0 Å². The molecule has 0 heterocycles. The van der Waals surface area contributed by atoms with E-state index < -0.39 is 0 Å². The summed E-state index contributed by atoms with van der Waals surface area (Å²) in [7, 11) is 4.11. The first-order valence-electron chi connectivity index (χ1n) is 6.17. The quantitative estimate of drug-likeness (QED) is 0.601. The van der Waals surface area contributed by atoms with Crippen LogP contribution in [0.5, 0.6) is 0 Å². The van der Waals surface area contributed by atoms with E-state index in [1.54, 1.807) is 11.8 Å². The molecule has 0 aliphatic carbocycles. The summed E-state index contributed by atoms with van der Waals surface area (Å²) in [5.74, 6) is 4.49. The van der Waals surface area contributed by atoms with Gasteiger partial charge in [0, 0.05) is 38.1 Å². The first-order chi connectivity index (χ1) is 8.65. The molecule has 2 nitrogen and oxygen atoms in total. The van der Waals surface area contributed by atoms with E-state index in [1.165, 1.54) is 11.3 Å². The largest absolute Gasteiger partial charge is 0.378 e. The first-order valence-corrected chi connectivity index (χ1v) is 7.32. The highest BCUT2D eigenvalue weighted by atomic mass is 32.2. The van der Waals surface area contributed by atoms with Crippen LogP contribution in [0.1, 0.15) is 18.5 Å². The average Bonchev–Trinajstić information content (AvgIpc) is 2.38. The summed E-state index contributed by atoms with van der Waals surface area (Å²) in [6.45, 7) is 3.18. The normalized spacial score (nSPS) is 11.9. The Hall–Kier alpha value is -1.11. The zero-order chi connectivity index (χ0) is 13.4. The van der Waals surface area contributed by atoms with Crippen molar-refractivity contribution in [1.82, 2.24) is 5.32 Å². The minimum absolute atomic E-state index is 0.382.